The summed E-state index contributed by atoms with van der Waals surface area (Å²) in [5.74, 6) is -1.39. The van der Waals surface area contributed by atoms with Gasteiger partial charge in [0.1, 0.15) is 0 Å². The summed E-state index contributed by atoms with van der Waals surface area (Å²) in [6.45, 7) is 0.00458. The van der Waals surface area contributed by atoms with Crippen molar-refractivity contribution in [3.8, 4) is 0 Å². The molecule has 2 aromatic rings. The zero-order valence-corrected chi connectivity index (χ0v) is 17.7. The molecule has 0 spiro atoms. The molecule has 1 fully saturated rings. The molecule has 154 valence electrons. The van der Waals surface area contributed by atoms with E-state index in [4.69, 9.17) is 27.9 Å². The van der Waals surface area contributed by atoms with Crippen LogP contribution in [0.3, 0.4) is 0 Å². The van der Waals surface area contributed by atoms with Crippen molar-refractivity contribution in [3.63, 3.8) is 0 Å². The largest absolute Gasteiger partial charge is 0.457 e. The standard InChI is InChI=1S/C20H19Cl2NO5S/c21-15-6-7-17(18(22)12-15)19(24)13-28-20(25)14-8-10-23(11-9-14)29(26,27)16-4-2-1-3-5-16/h1-7,12,14H,8-11,13H2. The number of piperidine rings is 1. The van der Waals surface area contributed by atoms with E-state index in [2.05, 4.69) is 0 Å². The smallest absolute Gasteiger partial charge is 0.309 e. The average molecular weight is 456 g/mol. The first-order valence-electron chi connectivity index (χ1n) is 8.99. The van der Waals surface area contributed by atoms with Gasteiger partial charge in [-0.3, -0.25) is 9.59 Å². The Morgan fingerprint density at radius 3 is 2.31 bits per heavy atom. The molecular formula is C20H19Cl2NO5S. The van der Waals surface area contributed by atoms with Gasteiger partial charge in [0, 0.05) is 23.7 Å². The predicted molar refractivity (Wildman–Crippen MR) is 110 cm³/mol. The normalized spacial score (nSPS) is 15.8. The minimum absolute atomic E-state index is 0.193. The number of hydrogen-bond donors (Lipinski definition) is 0. The van der Waals surface area contributed by atoms with Crippen LogP contribution in [0.5, 0.6) is 0 Å². The van der Waals surface area contributed by atoms with E-state index in [0.717, 1.165) is 0 Å². The zero-order valence-electron chi connectivity index (χ0n) is 15.4. The molecule has 0 atom stereocenters. The van der Waals surface area contributed by atoms with Gasteiger partial charge in [-0.05, 0) is 43.2 Å². The number of Topliss-reactive ketones (excluding diaryl/α,β-unsaturated/α-hetero) is 1. The average Bonchev–Trinajstić information content (AvgIpc) is 2.72. The van der Waals surface area contributed by atoms with Crippen molar-refractivity contribution in [3.05, 3.63) is 64.1 Å². The van der Waals surface area contributed by atoms with Crippen molar-refractivity contribution in [2.45, 2.75) is 17.7 Å². The van der Waals surface area contributed by atoms with Gasteiger partial charge in [-0.2, -0.15) is 4.31 Å². The summed E-state index contributed by atoms with van der Waals surface area (Å²) in [5.41, 5.74) is 0.229. The summed E-state index contributed by atoms with van der Waals surface area (Å²) in [5, 5.41) is 0.596. The van der Waals surface area contributed by atoms with Crippen LogP contribution >= 0.6 is 23.2 Å². The second-order valence-electron chi connectivity index (χ2n) is 6.65. The van der Waals surface area contributed by atoms with E-state index >= 15 is 0 Å². The number of ketones is 1. The molecule has 1 heterocycles. The Kier molecular flexibility index (Phi) is 6.95. The Morgan fingerprint density at radius 2 is 1.69 bits per heavy atom. The summed E-state index contributed by atoms with van der Waals surface area (Å²) >= 11 is 11.8. The Labute approximate surface area is 179 Å². The quantitative estimate of drug-likeness (QED) is 0.488. The molecule has 29 heavy (non-hydrogen) atoms. The van der Waals surface area contributed by atoms with Gasteiger partial charge in [0.2, 0.25) is 15.8 Å². The molecule has 1 saturated heterocycles. The van der Waals surface area contributed by atoms with Crippen LogP contribution < -0.4 is 0 Å². The number of benzene rings is 2. The lowest BCUT2D eigenvalue weighted by Gasteiger charge is -2.30. The molecule has 0 radical (unpaired) electrons. The van der Waals surface area contributed by atoms with Crippen LogP contribution in [-0.2, 0) is 19.6 Å². The first-order chi connectivity index (χ1) is 13.8. The minimum atomic E-state index is -3.58. The van der Waals surface area contributed by atoms with Gasteiger partial charge in [0.05, 0.1) is 15.8 Å². The molecule has 9 heteroatoms. The molecule has 0 bridgehead atoms. The van der Waals surface area contributed by atoms with Crippen molar-refractivity contribution in [2.24, 2.45) is 5.92 Å². The van der Waals surface area contributed by atoms with Crippen molar-refractivity contribution >= 4 is 45.0 Å². The number of esters is 1. The van der Waals surface area contributed by atoms with Gasteiger partial charge in [0.15, 0.2) is 6.61 Å². The number of nitrogens with zero attached hydrogens (tertiary/aromatic N) is 1. The summed E-state index contributed by atoms with van der Waals surface area (Å²) in [4.78, 5) is 24.7. The number of rotatable bonds is 6. The third-order valence-corrected chi connectivity index (χ3v) is 7.21. The third-order valence-electron chi connectivity index (χ3n) is 4.75. The van der Waals surface area contributed by atoms with E-state index in [1.54, 1.807) is 30.3 Å². The number of halogens is 2. The molecule has 0 saturated carbocycles. The highest BCUT2D eigenvalue weighted by Gasteiger charge is 2.33. The number of carbonyl (C=O) groups is 2. The van der Waals surface area contributed by atoms with Crippen molar-refractivity contribution in [1.29, 1.82) is 0 Å². The van der Waals surface area contributed by atoms with Crippen LogP contribution in [-0.4, -0.2) is 44.2 Å². The van der Waals surface area contributed by atoms with Gasteiger partial charge in [-0.15, -0.1) is 0 Å². The van der Waals surface area contributed by atoms with Gasteiger partial charge < -0.3 is 4.74 Å². The summed E-state index contributed by atoms with van der Waals surface area (Å²) in [6, 6.07) is 12.6. The fourth-order valence-electron chi connectivity index (χ4n) is 3.12. The molecular weight excluding hydrogens is 437 g/mol. The molecule has 0 aromatic heterocycles. The SMILES string of the molecule is O=C(COC(=O)C1CCN(S(=O)(=O)c2ccccc2)CC1)c1ccc(Cl)cc1Cl. The first-order valence-corrected chi connectivity index (χ1v) is 11.2. The van der Waals surface area contributed by atoms with Crippen LogP contribution in [0, 0.1) is 5.92 Å². The molecule has 0 unspecified atom stereocenters. The molecule has 0 amide bonds. The molecule has 0 N–H and O–H groups in total. The maximum Gasteiger partial charge on any atom is 0.309 e. The lowest BCUT2D eigenvalue weighted by atomic mass is 9.98. The zero-order chi connectivity index (χ0) is 21.0. The highest BCUT2D eigenvalue weighted by atomic mass is 35.5. The summed E-state index contributed by atoms with van der Waals surface area (Å²) in [7, 11) is -3.58. The van der Waals surface area contributed by atoms with Crippen LogP contribution in [0.1, 0.15) is 23.2 Å². The molecule has 1 aliphatic rings. The molecule has 6 nitrogen and oxygen atoms in total. The lowest BCUT2D eigenvalue weighted by Crippen LogP contribution is -2.40. The van der Waals surface area contributed by atoms with Crippen LogP contribution in [0.25, 0.3) is 0 Å². The fraction of sp³-hybridized carbons (Fsp3) is 0.300. The van der Waals surface area contributed by atoms with Gasteiger partial charge in [-0.1, -0.05) is 41.4 Å². The highest BCUT2D eigenvalue weighted by molar-refractivity contribution is 7.89. The molecule has 1 aliphatic heterocycles. The number of hydrogen-bond acceptors (Lipinski definition) is 5. The molecule has 3 rings (SSSR count). The number of ether oxygens (including phenoxy) is 1. The Hall–Kier alpha value is -1.93. The van der Waals surface area contributed by atoms with Gasteiger partial charge in [0.25, 0.3) is 0 Å². The summed E-state index contributed by atoms with van der Waals surface area (Å²) in [6.07, 6.45) is 0.668. The maximum absolute atomic E-state index is 12.6. The first kappa shape index (κ1) is 21.8. The van der Waals surface area contributed by atoms with E-state index in [1.165, 1.54) is 22.5 Å². The number of sulfonamides is 1. The fourth-order valence-corrected chi connectivity index (χ4v) is 5.13. The van der Waals surface area contributed by atoms with Crippen LogP contribution in [0.2, 0.25) is 10.0 Å². The highest BCUT2D eigenvalue weighted by Crippen LogP contribution is 2.25. The second-order valence-corrected chi connectivity index (χ2v) is 9.43. The molecule has 2 aromatic carbocycles. The van der Waals surface area contributed by atoms with E-state index < -0.39 is 34.3 Å². The topological polar surface area (TPSA) is 80.8 Å². The maximum atomic E-state index is 12.6. The van der Waals surface area contributed by atoms with Crippen LogP contribution in [0.4, 0.5) is 0 Å². The van der Waals surface area contributed by atoms with E-state index in [9.17, 15) is 18.0 Å². The van der Waals surface area contributed by atoms with Crippen LogP contribution in [0.15, 0.2) is 53.4 Å². The molecule has 0 aliphatic carbocycles. The monoisotopic (exact) mass is 455 g/mol. The lowest BCUT2D eigenvalue weighted by molar-refractivity contribution is -0.148. The second kappa shape index (κ2) is 9.26. The minimum Gasteiger partial charge on any atom is -0.457 e. The van der Waals surface area contributed by atoms with E-state index in [1.807, 2.05) is 0 Å². The Morgan fingerprint density at radius 1 is 1.03 bits per heavy atom. The van der Waals surface area contributed by atoms with Crippen molar-refractivity contribution in [2.75, 3.05) is 19.7 Å². The Balaban J connectivity index is 1.53. The van der Waals surface area contributed by atoms with E-state index in [-0.39, 0.29) is 28.6 Å². The summed E-state index contributed by atoms with van der Waals surface area (Å²) < 4.78 is 31.8. The van der Waals surface area contributed by atoms with Crippen molar-refractivity contribution < 1.29 is 22.7 Å². The van der Waals surface area contributed by atoms with Crippen molar-refractivity contribution in [1.82, 2.24) is 4.31 Å². The predicted octanol–water partition coefficient (Wildman–Crippen LogP) is 3.82. The van der Waals surface area contributed by atoms with E-state index in [0.29, 0.717) is 17.9 Å². The Bertz CT molecular complexity index is 1000. The number of carbonyl (C=O) groups excluding carboxylic acids is 2. The van der Waals surface area contributed by atoms with Gasteiger partial charge >= 0.3 is 5.97 Å². The van der Waals surface area contributed by atoms with Gasteiger partial charge in [-0.25, -0.2) is 8.42 Å². The third kappa shape index (κ3) is 5.17.